The molecule has 3 heteroatoms. The summed E-state index contributed by atoms with van der Waals surface area (Å²) in [5.74, 6) is 0.630. The van der Waals surface area contributed by atoms with Crippen LogP contribution >= 0.6 is 0 Å². The van der Waals surface area contributed by atoms with E-state index in [0.29, 0.717) is 11.9 Å². The van der Waals surface area contributed by atoms with Crippen LogP contribution < -0.4 is 5.32 Å². The summed E-state index contributed by atoms with van der Waals surface area (Å²) in [5.41, 5.74) is 0. The van der Waals surface area contributed by atoms with Crippen LogP contribution in [0.25, 0.3) is 0 Å². The van der Waals surface area contributed by atoms with Gasteiger partial charge in [0, 0.05) is 31.6 Å². The lowest BCUT2D eigenvalue weighted by molar-refractivity contribution is -0.138. The van der Waals surface area contributed by atoms with Gasteiger partial charge in [0.1, 0.15) is 0 Å². The minimum absolute atomic E-state index is 0.250. The lowest BCUT2D eigenvalue weighted by Crippen LogP contribution is -2.53. The summed E-state index contributed by atoms with van der Waals surface area (Å²) in [6.07, 6.45) is 4.39. The Bertz CT molecular complexity index is 218. The topological polar surface area (TPSA) is 32.3 Å². The molecule has 3 nitrogen and oxygen atoms in total. The first-order valence-corrected chi connectivity index (χ1v) is 6.71. The summed E-state index contributed by atoms with van der Waals surface area (Å²) in [6.45, 7) is 9.21. The number of nitrogens with zero attached hydrogens (tertiary/aromatic N) is 1. The summed E-state index contributed by atoms with van der Waals surface area (Å²) >= 11 is 0. The van der Waals surface area contributed by atoms with Crippen molar-refractivity contribution >= 4 is 5.91 Å². The van der Waals surface area contributed by atoms with Crippen LogP contribution in [-0.4, -0.2) is 36.5 Å². The van der Waals surface area contributed by atoms with Crippen molar-refractivity contribution < 1.29 is 4.79 Å². The van der Waals surface area contributed by atoms with Gasteiger partial charge in [0.05, 0.1) is 0 Å². The predicted octanol–water partition coefficient (Wildman–Crippen LogP) is 2.02. The molecule has 0 aromatic rings. The molecule has 0 aliphatic carbocycles. The number of hydrogen-bond acceptors (Lipinski definition) is 2. The molecule has 2 atom stereocenters. The number of unbranched alkanes of at least 4 members (excludes halogenated alkanes) is 1. The van der Waals surface area contributed by atoms with Gasteiger partial charge in [-0.3, -0.25) is 4.79 Å². The van der Waals surface area contributed by atoms with Crippen LogP contribution in [0.3, 0.4) is 0 Å². The molecule has 16 heavy (non-hydrogen) atoms. The van der Waals surface area contributed by atoms with E-state index in [9.17, 15) is 4.79 Å². The predicted molar refractivity (Wildman–Crippen MR) is 67.4 cm³/mol. The Morgan fingerprint density at radius 1 is 1.50 bits per heavy atom. The summed E-state index contributed by atoms with van der Waals surface area (Å²) in [6, 6.07) is 0.358. The Morgan fingerprint density at radius 2 is 2.25 bits per heavy atom. The number of hydrogen-bond donors (Lipinski definition) is 1. The zero-order chi connectivity index (χ0) is 12.0. The molecule has 0 saturated carbocycles. The van der Waals surface area contributed by atoms with Crippen LogP contribution in [0, 0.1) is 5.92 Å². The molecular weight excluding hydrogens is 200 g/mol. The maximum atomic E-state index is 12.3. The number of carbonyl (C=O) groups is 1. The Labute approximate surface area is 99.6 Å². The lowest BCUT2D eigenvalue weighted by Gasteiger charge is -2.36. The molecule has 0 radical (unpaired) electrons. The van der Waals surface area contributed by atoms with Crippen molar-refractivity contribution in [3.8, 4) is 0 Å². The maximum Gasteiger partial charge on any atom is 0.225 e. The van der Waals surface area contributed by atoms with Crippen LogP contribution in [-0.2, 0) is 4.79 Å². The number of piperazine rings is 1. The van der Waals surface area contributed by atoms with Gasteiger partial charge in [-0.1, -0.05) is 26.7 Å². The van der Waals surface area contributed by atoms with E-state index in [-0.39, 0.29) is 5.92 Å². The fourth-order valence-electron chi connectivity index (χ4n) is 2.36. The van der Waals surface area contributed by atoms with Crippen molar-refractivity contribution in [2.45, 2.75) is 52.5 Å². The van der Waals surface area contributed by atoms with E-state index < -0.39 is 0 Å². The first-order valence-electron chi connectivity index (χ1n) is 6.71. The van der Waals surface area contributed by atoms with Crippen molar-refractivity contribution in [2.24, 2.45) is 5.92 Å². The van der Waals surface area contributed by atoms with E-state index in [0.717, 1.165) is 32.5 Å². The number of rotatable bonds is 5. The van der Waals surface area contributed by atoms with Crippen LogP contribution in [0.2, 0.25) is 0 Å². The highest BCUT2D eigenvalue weighted by atomic mass is 16.2. The Kier molecular flexibility index (Phi) is 5.81. The smallest absolute Gasteiger partial charge is 0.225 e. The summed E-state index contributed by atoms with van der Waals surface area (Å²) in [5, 5.41) is 3.33. The van der Waals surface area contributed by atoms with E-state index in [1.165, 1.54) is 12.8 Å². The fourth-order valence-corrected chi connectivity index (χ4v) is 2.36. The van der Waals surface area contributed by atoms with Gasteiger partial charge >= 0.3 is 0 Å². The second-order valence-corrected chi connectivity index (χ2v) is 4.83. The molecule has 1 fully saturated rings. The second kappa shape index (κ2) is 6.89. The molecule has 0 spiro atoms. The van der Waals surface area contributed by atoms with Gasteiger partial charge in [0.15, 0.2) is 0 Å². The Balaban J connectivity index is 2.51. The maximum absolute atomic E-state index is 12.3. The molecule has 1 aliphatic heterocycles. The Morgan fingerprint density at radius 3 is 2.81 bits per heavy atom. The normalized spacial score (nSPS) is 23.2. The molecule has 1 N–H and O–H groups in total. The van der Waals surface area contributed by atoms with Gasteiger partial charge < -0.3 is 10.2 Å². The molecule has 1 saturated heterocycles. The van der Waals surface area contributed by atoms with Gasteiger partial charge in [-0.25, -0.2) is 0 Å². The molecule has 0 unspecified atom stereocenters. The van der Waals surface area contributed by atoms with Crippen LogP contribution in [0.5, 0.6) is 0 Å². The first kappa shape index (κ1) is 13.5. The van der Waals surface area contributed by atoms with E-state index in [1.807, 2.05) is 0 Å². The van der Waals surface area contributed by atoms with Crippen LogP contribution in [0.15, 0.2) is 0 Å². The Hall–Kier alpha value is -0.570. The molecule has 1 rings (SSSR count). The van der Waals surface area contributed by atoms with E-state index in [1.54, 1.807) is 0 Å². The highest BCUT2D eigenvalue weighted by Gasteiger charge is 2.27. The first-order chi connectivity index (χ1) is 7.70. The largest absolute Gasteiger partial charge is 0.337 e. The molecule has 0 bridgehead atoms. The van der Waals surface area contributed by atoms with Crippen LogP contribution in [0.4, 0.5) is 0 Å². The molecule has 1 aliphatic rings. The SMILES string of the molecule is CCCC[C@H](CC)C(=O)N1CCNC[C@@H]1C. The molecule has 0 aromatic heterocycles. The molecular formula is C13H26N2O. The van der Waals surface area contributed by atoms with Gasteiger partial charge in [-0.05, 0) is 19.8 Å². The number of nitrogens with one attached hydrogen (secondary N) is 1. The minimum Gasteiger partial charge on any atom is -0.337 e. The van der Waals surface area contributed by atoms with Crippen molar-refractivity contribution in [3.05, 3.63) is 0 Å². The van der Waals surface area contributed by atoms with Crippen molar-refractivity contribution in [3.63, 3.8) is 0 Å². The number of amides is 1. The lowest BCUT2D eigenvalue weighted by atomic mass is 9.96. The molecule has 1 amide bonds. The summed E-state index contributed by atoms with van der Waals surface area (Å²) < 4.78 is 0. The fraction of sp³-hybridized carbons (Fsp3) is 0.923. The molecule has 1 heterocycles. The third-order valence-corrected chi connectivity index (χ3v) is 3.53. The van der Waals surface area contributed by atoms with Gasteiger partial charge in [0.2, 0.25) is 5.91 Å². The van der Waals surface area contributed by atoms with E-state index in [4.69, 9.17) is 0 Å². The van der Waals surface area contributed by atoms with Gasteiger partial charge in [-0.2, -0.15) is 0 Å². The highest BCUT2D eigenvalue weighted by Crippen LogP contribution is 2.18. The van der Waals surface area contributed by atoms with Crippen molar-refractivity contribution in [1.82, 2.24) is 10.2 Å². The zero-order valence-electron chi connectivity index (χ0n) is 11.0. The summed E-state index contributed by atoms with van der Waals surface area (Å²) in [7, 11) is 0. The van der Waals surface area contributed by atoms with Gasteiger partial charge in [0.25, 0.3) is 0 Å². The monoisotopic (exact) mass is 226 g/mol. The minimum atomic E-state index is 0.250. The third-order valence-electron chi connectivity index (χ3n) is 3.53. The zero-order valence-corrected chi connectivity index (χ0v) is 11.0. The third kappa shape index (κ3) is 3.48. The van der Waals surface area contributed by atoms with E-state index >= 15 is 0 Å². The number of carbonyl (C=O) groups excluding carboxylic acids is 1. The molecule has 0 aromatic carbocycles. The summed E-state index contributed by atoms with van der Waals surface area (Å²) in [4.78, 5) is 14.4. The standard InChI is InChI=1S/C13H26N2O/c1-4-6-7-12(5-2)13(16)15-9-8-14-10-11(15)3/h11-12,14H,4-10H2,1-3H3/t11-,12-/m0/s1. The highest BCUT2D eigenvalue weighted by molar-refractivity contribution is 5.79. The van der Waals surface area contributed by atoms with E-state index in [2.05, 4.69) is 31.0 Å². The quantitative estimate of drug-likeness (QED) is 0.778. The molecule has 94 valence electrons. The van der Waals surface area contributed by atoms with Gasteiger partial charge in [-0.15, -0.1) is 0 Å². The van der Waals surface area contributed by atoms with Crippen LogP contribution in [0.1, 0.15) is 46.5 Å². The second-order valence-electron chi connectivity index (χ2n) is 4.83. The average Bonchev–Trinajstić information content (AvgIpc) is 2.30. The van der Waals surface area contributed by atoms with Crippen molar-refractivity contribution in [2.75, 3.05) is 19.6 Å². The van der Waals surface area contributed by atoms with Crippen molar-refractivity contribution in [1.29, 1.82) is 0 Å². The average molecular weight is 226 g/mol.